The summed E-state index contributed by atoms with van der Waals surface area (Å²) < 4.78 is 4.82. The van der Waals surface area contributed by atoms with E-state index in [-0.39, 0.29) is 5.97 Å². The molecule has 2 nitrogen and oxygen atoms in total. The number of thiophene rings is 2. The third-order valence-corrected chi connectivity index (χ3v) is 4.53. The minimum Gasteiger partial charge on any atom is -0.465 e. The van der Waals surface area contributed by atoms with E-state index in [1.165, 1.54) is 21.6 Å². The molecule has 0 fully saturated rings. The molecule has 0 unspecified atom stereocenters. The minimum absolute atomic E-state index is 0.256. The average molecular weight is 290 g/mol. The van der Waals surface area contributed by atoms with Crippen molar-refractivity contribution in [3.8, 4) is 21.6 Å². The molecule has 0 radical (unpaired) electrons. The lowest BCUT2D eigenvalue weighted by molar-refractivity contribution is -0.140. The first-order valence-corrected chi connectivity index (χ1v) is 7.57. The van der Waals surface area contributed by atoms with Gasteiger partial charge in [0.2, 0.25) is 0 Å². The number of rotatable bonds is 3. The Morgan fingerprint density at radius 1 is 1.21 bits per heavy atom. The van der Waals surface area contributed by atoms with Crippen LogP contribution in [0.5, 0.6) is 0 Å². The van der Waals surface area contributed by atoms with Crippen molar-refractivity contribution >= 4 is 28.6 Å². The summed E-state index contributed by atoms with van der Waals surface area (Å²) in [5.41, 5.74) is 0. The van der Waals surface area contributed by atoms with Gasteiger partial charge in [-0.15, -0.1) is 22.7 Å². The number of carbonyl (C=O) groups excluding carboxylic acids is 1. The zero-order valence-corrected chi connectivity index (χ0v) is 12.5. The normalized spacial score (nSPS) is 9.79. The minimum atomic E-state index is -0.256. The number of carbonyl (C=O) groups is 1. The fourth-order valence-corrected chi connectivity index (χ4v) is 3.34. The molecule has 98 valence electrons. The van der Waals surface area contributed by atoms with Gasteiger partial charge in [0.05, 0.1) is 4.88 Å². The van der Waals surface area contributed by atoms with Crippen molar-refractivity contribution in [2.45, 2.75) is 20.3 Å². The SMILES string of the molecule is CC(=O)OCCC#Cc1ccc(-c2ccc(C)s2)s1. The van der Waals surface area contributed by atoms with Crippen LogP contribution in [-0.4, -0.2) is 12.6 Å². The van der Waals surface area contributed by atoms with Crippen LogP contribution in [0.3, 0.4) is 0 Å². The number of esters is 1. The fourth-order valence-electron chi connectivity index (χ4n) is 1.50. The molecular formula is C15H14O2S2. The summed E-state index contributed by atoms with van der Waals surface area (Å²) in [7, 11) is 0. The van der Waals surface area contributed by atoms with Gasteiger partial charge in [-0.1, -0.05) is 11.8 Å². The highest BCUT2D eigenvalue weighted by molar-refractivity contribution is 7.22. The predicted octanol–water partition coefficient (Wildman–Crippen LogP) is 4.09. The molecule has 0 amide bonds. The van der Waals surface area contributed by atoms with Crippen LogP contribution in [0.2, 0.25) is 0 Å². The Bertz CT molecular complexity index is 626. The Labute approximate surface area is 121 Å². The summed E-state index contributed by atoms with van der Waals surface area (Å²) in [5, 5.41) is 0. The molecule has 0 N–H and O–H groups in total. The van der Waals surface area contributed by atoms with Gasteiger partial charge in [0.25, 0.3) is 0 Å². The van der Waals surface area contributed by atoms with E-state index in [2.05, 4.69) is 37.0 Å². The predicted molar refractivity (Wildman–Crippen MR) is 80.5 cm³/mol. The lowest BCUT2D eigenvalue weighted by Crippen LogP contribution is -1.98. The molecule has 4 heteroatoms. The largest absolute Gasteiger partial charge is 0.465 e. The van der Waals surface area contributed by atoms with Crippen LogP contribution in [-0.2, 0) is 9.53 Å². The van der Waals surface area contributed by atoms with Crippen LogP contribution in [0.15, 0.2) is 24.3 Å². The highest BCUT2D eigenvalue weighted by Gasteiger charge is 2.03. The third-order valence-electron chi connectivity index (χ3n) is 2.33. The van der Waals surface area contributed by atoms with Crippen LogP contribution in [0.1, 0.15) is 23.1 Å². The molecule has 0 atom stereocenters. The monoisotopic (exact) mass is 290 g/mol. The van der Waals surface area contributed by atoms with Gasteiger partial charge in [0, 0.05) is 28.0 Å². The molecule has 0 aliphatic rings. The molecule has 2 rings (SSSR count). The topological polar surface area (TPSA) is 26.3 Å². The molecule has 0 aliphatic carbocycles. The maximum Gasteiger partial charge on any atom is 0.302 e. The maximum atomic E-state index is 10.6. The zero-order chi connectivity index (χ0) is 13.7. The van der Waals surface area contributed by atoms with E-state index in [1.54, 1.807) is 22.7 Å². The van der Waals surface area contributed by atoms with E-state index in [0.717, 1.165) is 4.88 Å². The number of ether oxygens (including phenoxy) is 1. The summed E-state index contributed by atoms with van der Waals surface area (Å²) in [5.74, 6) is 5.85. The van der Waals surface area contributed by atoms with Crippen molar-refractivity contribution in [2.75, 3.05) is 6.61 Å². The summed E-state index contributed by atoms with van der Waals surface area (Å²) in [4.78, 5) is 15.5. The summed E-state index contributed by atoms with van der Waals surface area (Å²) in [6, 6.07) is 8.41. The first-order chi connectivity index (χ1) is 9.15. The number of hydrogen-bond donors (Lipinski definition) is 0. The second-order valence-electron chi connectivity index (χ2n) is 3.97. The molecule has 0 aliphatic heterocycles. The van der Waals surface area contributed by atoms with E-state index in [4.69, 9.17) is 4.74 Å². The van der Waals surface area contributed by atoms with Crippen molar-refractivity contribution in [1.82, 2.24) is 0 Å². The van der Waals surface area contributed by atoms with Gasteiger partial charge < -0.3 is 4.74 Å². The van der Waals surface area contributed by atoms with Crippen LogP contribution in [0, 0.1) is 18.8 Å². The maximum absolute atomic E-state index is 10.6. The molecule has 2 aromatic rings. The number of aryl methyl sites for hydroxylation is 1. The van der Waals surface area contributed by atoms with Gasteiger partial charge >= 0.3 is 5.97 Å². The van der Waals surface area contributed by atoms with E-state index in [0.29, 0.717) is 13.0 Å². The Morgan fingerprint density at radius 2 is 1.95 bits per heavy atom. The second kappa shape index (κ2) is 6.55. The molecule has 2 aromatic heterocycles. The van der Waals surface area contributed by atoms with Crippen LogP contribution in [0.4, 0.5) is 0 Å². The lowest BCUT2D eigenvalue weighted by Gasteiger charge is -1.94. The van der Waals surface area contributed by atoms with E-state index < -0.39 is 0 Å². The van der Waals surface area contributed by atoms with Crippen LogP contribution >= 0.6 is 22.7 Å². The second-order valence-corrected chi connectivity index (χ2v) is 6.34. The standard InChI is InChI=1S/C15H14O2S2/c1-11-6-8-14(18-11)15-9-7-13(19-15)5-3-4-10-17-12(2)16/h6-9H,4,10H2,1-2H3. The Morgan fingerprint density at radius 3 is 2.63 bits per heavy atom. The van der Waals surface area contributed by atoms with Gasteiger partial charge in [0.15, 0.2) is 0 Å². The van der Waals surface area contributed by atoms with Gasteiger partial charge in [-0.2, -0.15) is 0 Å². The van der Waals surface area contributed by atoms with Crippen LogP contribution < -0.4 is 0 Å². The zero-order valence-electron chi connectivity index (χ0n) is 10.9. The van der Waals surface area contributed by atoms with Gasteiger partial charge in [0.1, 0.15) is 6.61 Å². The summed E-state index contributed by atoms with van der Waals surface area (Å²) in [6.45, 7) is 3.88. The molecule has 0 aromatic carbocycles. The highest BCUT2D eigenvalue weighted by atomic mass is 32.1. The lowest BCUT2D eigenvalue weighted by atomic mass is 10.3. The summed E-state index contributed by atoms with van der Waals surface area (Å²) in [6.07, 6.45) is 0.574. The van der Waals surface area contributed by atoms with E-state index in [9.17, 15) is 4.79 Å². The molecule has 2 heterocycles. The van der Waals surface area contributed by atoms with E-state index >= 15 is 0 Å². The first kappa shape index (κ1) is 13.9. The molecule has 0 saturated carbocycles. The Hall–Kier alpha value is -1.57. The fraction of sp³-hybridized carbons (Fsp3) is 0.267. The van der Waals surface area contributed by atoms with E-state index in [1.807, 2.05) is 6.07 Å². The first-order valence-electron chi connectivity index (χ1n) is 5.94. The van der Waals surface area contributed by atoms with Crippen molar-refractivity contribution in [3.05, 3.63) is 34.0 Å². The molecule has 0 saturated heterocycles. The van der Waals surface area contributed by atoms with Crippen molar-refractivity contribution in [1.29, 1.82) is 0 Å². The van der Waals surface area contributed by atoms with Crippen molar-refractivity contribution in [3.63, 3.8) is 0 Å². The molecule has 0 bridgehead atoms. The van der Waals surface area contributed by atoms with Crippen molar-refractivity contribution < 1.29 is 9.53 Å². The van der Waals surface area contributed by atoms with Crippen molar-refractivity contribution in [2.24, 2.45) is 0 Å². The number of hydrogen-bond acceptors (Lipinski definition) is 4. The summed E-state index contributed by atoms with van der Waals surface area (Å²) >= 11 is 3.49. The smallest absolute Gasteiger partial charge is 0.302 e. The van der Waals surface area contributed by atoms with Gasteiger partial charge in [-0.05, 0) is 31.2 Å². The Kier molecular flexibility index (Phi) is 4.78. The van der Waals surface area contributed by atoms with Crippen LogP contribution in [0.25, 0.3) is 9.75 Å². The van der Waals surface area contributed by atoms with Gasteiger partial charge in [-0.25, -0.2) is 0 Å². The molecule has 19 heavy (non-hydrogen) atoms. The third kappa shape index (κ3) is 4.23. The average Bonchev–Trinajstić information content (AvgIpc) is 2.97. The Balaban J connectivity index is 1.94. The molecular weight excluding hydrogens is 276 g/mol. The molecule has 0 spiro atoms. The highest BCUT2D eigenvalue weighted by Crippen LogP contribution is 2.32. The quantitative estimate of drug-likeness (QED) is 0.483. The van der Waals surface area contributed by atoms with Gasteiger partial charge in [-0.3, -0.25) is 4.79 Å².